The molecular formula is C24H25N5O. The molecule has 152 valence electrons. The second-order valence-electron chi connectivity index (χ2n) is 7.63. The third-order valence-corrected chi connectivity index (χ3v) is 5.08. The van der Waals surface area contributed by atoms with Gasteiger partial charge in [-0.2, -0.15) is 0 Å². The number of aromatic nitrogens is 3. The van der Waals surface area contributed by atoms with Crippen LogP contribution in [0.15, 0.2) is 67.1 Å². The van der Waals surface area contributed by atoms with Crippen LogP contribution in [0.3, 0.4) is 0 Å². The molecule has 30 heavy (non-hydrogen) atoms. The van der Waals surface area contributed by atoms with Crippen LogP contribution in [0.2, 0.25) is 0 Å². The van der Waals surface area contributed by atoms with Gasteiger partial charge in [-0.05, 0) is 44.4 Å². The van der Waals surface area contributed by atoms with Crippen molar-refractivity contribution in [2.24, 2.45) is 7.05 Å². The highest BCUT2D eigenvalue weighted by molar-refractivity contribution is 5.95. The first-order valence-corrected chi connectivity index (χ1v) is 9.92. The van der Waals surface area contributed by atoms with Crippen molar-refractivity contribution in [3.05, 3.63) is 72.7 Å². The van der Waals surface area contributed by atoms with Gasteiger partial charge in [-0.25, -0.2) is 4.98 Å². The fourth-order valence-electron chi connectivity index (χ4n) is 3.40. The van der Waals surface area contributed by atoms with Gasteiger partial charge in [0.25, 0.3) is 5.91 Å². The fourth-order valence-corrected chi connectivity index (χ4v) is 3.40. The van der Waals surface area contributed by atoms with Gasteiger partial charge in [0.1, 0.15) is 0 Å². The minimum atomic E-state index is -0.0858. The van der Waals surface area contributed by atoms with E-state index in [9.17, 15) is 4.79 Å². The van der Waals surface area contributed by atoms with Gasteiger partial charge in [-0.1, -0.05) is 18.2 Å². The molecule has 1 N–H and O–H groups in total. The van der Waals surface area contributed by atoms with Crippen molar-refractivity contribution in [2.45, 2.75) is 0 Å². The zero-order valence-corrected chi connectivity index (χ0v) is 17.5. The Balaban J connectivity index is 1.59. The van der Waals surface area contributed by atoms with E-state index in [-0.39, 0.29) is 5.91 Å². The number of rotatable bonds is 6. The first-order valence-electron chi connectivity index (χ1n) is 9.92. The quantitative estimate of drug-likeness (QED) is 0.538. The van der Waals surface area contributed by atoms with Gasteiger partial charge in [-0.3, -0.25) is 9.78 Å². The molecule has 0 fully saturated rings. The largest absolute Gasteiger partial charge is 0.351 e. The summed E-state index contributed by atoms with van der Waals surface area (Å²) in [6.45, 7) is 1.40. The average Bonchev–Trinajstić information content (AvgIpc) is 3.14. The molecule has 2 aromatic heterocycles. The highest BCUT2D eigenvalue weighted by atomic mass is 16.1. The lowest BCUT2D eigenvalue weighted by molar-refractivity contribution is 0.0951. The maximum absolute atomic E-state index is 12.5. The number of benzene rings is 2. The van der Waals surface area contributed by atoms with Gasteiger partial charge in [0.15, 0.2) is 0 Å². The van der Waals surface area contributed by atoms with E-state index in [0.717, 1.165) is 29.1 Å². The molecule has 0 atom stereocenters. The number of hydrogen-bond donors (Lipinski definition) is 1. The van der Waals surface area contributed by atoms with Gasteiger partial charge in [-0.15, -0.1) is 0 Å². The summed E-state index contributed by atoms with van der Waals surface area (Å²) in [6.07, 6.45) is 5.55. The van der Waals surface area contributed by atoms with Crippen molar-refractivity contribution < 1.29 is 4.79 Å². The highest BCUT2D eigenvalue weighted by Crippen LogP contribution is 2.25. The molecule has 6 heteroatoms. The molecule has 6 nitrogen and oxygen atoms in total. The molecule has 4 aromatic rings. The molecule has 0 spiro atoms. The Morgan fingerprint density at radius 3 is 2.57 bits per heavy atom. The van der Waals surface area contributed by atoms with Gasteiger partial charge < -0.3 is 14.8 Å². The number of amides is 1. The number of carbonyl (C=O) groups is 1. The van der Waals surface area contributed by atoms with E-state index in [1.165, 1.54) is 10.9 Å². The van der Waals surface area contributed by atoms with Crippen LogP contribution in [0.25, 0.3) is 33.4 Å². The minimum absolute atomic E-state index is 0.0858. The van der Waals surface area contributed by atoms with E-state index in [1.807, 2.05) is 56.5 Å². The Morgan fingerprint density at radius 2 is 1.80 bits per heavy atom. The number of likely N-dealkylation sites (N-methyl/N-ethyl adjacent to an activating group) is 1. The number of nitrogens with one attached hydrogen (secondary N) is 1. The first-order chi connectivity index (χ1) is 14.5. The van der Waals surface area contributed by atoms with Crippen LogP contribution in [0.5, 0.6) is 0 Å². The van der Waals surface area contributed by atoms with E-state index in [1.54, 1.807) is 12.4 Å². The topological polar surface area (TPSA) is 63.1 Å². The minimum Gasteiger partial charge on any atom is -0.351 e. The first kappa shape index (κ1) is 19.8. The van der Waals surface area contributed by atoms with E-state index in [0.29, 0.717) is 12.1 Å². The van der Waals surface area contributed by atoms with Crippen molar-refractivity contribution in [1.82, 2.24) is 24.8 Å². The molecule has 1 amide bonds. The lowest BCUT2D eigenvalue weighted by Gasteiger charge is -2.11. The van der Waals surface area contributed by atoms with Gasteiger partial charge in [0.05, 0.1) is 23.8 Å². The number of aryl methyl sites for hydroxylation is 1. The van der Waals surface area contributed by atoms with E-state index in [4.69, 9.17) is 4.98 Å². The number of carbonyl (C=O) groups excluding carboxylic acids is 1. The maximum Gasteiger partial charge on any atom is 0.251 e. The molecule has 0 aliphatic carbocycles. The summed E-state index contributed by atoms with van der Waals surface area (Å²) in [4.78, 5) is 23.7. The fraction of sp³-hybridized carbons (Fsp3) is 0.208. The second-order valence-corrected chi connectivity index (χ2v) is 7.63. The molecule has 0 saturated heterocycles. The highest BCUT2D eigenvalue weighted by Gasteiger charge is 2.10. The van der Waals surface area contributed by atoms with Crippen molar-refractivity contribution in [2.75, 3.05) is 27.2 Å². The summed E-state index contributed by atoms with van der Waals surface area (Å²) in [5.74, 6) is -0.0858. The smallest absolute Gasteiger partial charge is 0.251 e. The molecular weight excluding hydrogens is 374 g/mol. The van der Waals surface area contributed by atoms with Gasteiger partial charge >= 0.3 is 0 Å². The van der Waals surface area contributed by atoms with Gasteiger partial charge in [0.2, 0.25) is 0 Å². The van der Waals surface area contributed by atoms with E-state index in [2.05, 4.69) is 39.1 Å². The second kappa shape index (κ2) is 8.47. The molecule has 4 rings (SSSR count). The van der Waals surface area contributed by atoms with Crippen LogP contribution in [0, 0.1) is 0 Å². The third kappa shape index (κ3) is 4.23. The summed E-state index contributed by atoms with van der Waals surface area (Å²) in [6, 6.07) is 15.9. The normalized spacial score (nSPS) is 11.2. The number of fused-ring (bicyclic) bond motifs is 1. The SMILES string of the molecule is CN(C)CCNC(=O)c1cccc(-c2cncc(-c3ccc4c(ccn4C)c3)n2)c1. The zero-order chi connectivity index (χ0) is 21.1. The van der Waals surface area contributed by atoms with Crippen LogP contribution >= 0.6 is 0 Å². The number of nitrogens with zero attached hydrogens (tertiary/aromatic N) is 4. The van der Waals surface area contributed by atoms with Crippen LogP contribution in [0.1, 0.15) is 10.4 Å². The van der Waals surface area contributed by atoms with Crippen LogP contribution in [-0.2, 0) is 7.05 Å². The van der Waals surface area contributed by atoms with Crippen molar-refractivity contribution >= 4 is 16.8 Å². The Hall–Kier alpha value is -3.51. The molecule has 0 radical (unpaired) electrons. The predicted octanol–water partition coefficient (Wildman–Crippen LogP) is 3.59. The monoisotopic (exact) mass is 399 g/mol. The standard InChI is InChI=1S/C24H25N5O/c1-28(2)12-10-26-24(30)20-6-4-5-17(14-20)21-15-25-16-22(27-21)18-7-8-23-19(13-18)9-11-29(23)3/h4-9,11,13-16H,10,12H2,1-3H3,(H,26,30). The Kier molecular flexibility index (Phi) is 5.59. The molecule has 0 bridgehead atoms. The lowest BCUT2D eigenvalue weighted by Crippen LogP contribution is -2.31. The Bertz CT molecular complexity index is 1200. The molecule has 0 aliphatic rings. The lowest BCUT2D eigenvalue weighted by atomic mass is 10.1. The summed E-state index contributed by atoms with van der Waals surface area (Å²) >= 11 is 0. The van der Waals surface area contributed by atoms with Crippen molar-refractivity contribution in [3.63, 3.8) is 0 Å². The Morgan fingerprint density at radius 1 is 1.03 bits per heavy atom. The molecule has 2 aromatic carbocycles. The molecule has 0 unspecified atom stereocenters. The van der Waals surface area contributed by atoms with Crippen molar-refractivity contribution in [1.29, 1.82) is 0 Å². The van der Waals surface area contributed by atoms with Crippen LogP contribution in [-0.4, -0.2) is 52.5 Å². The van der Waals surface area contributed by atoms with E-state index < -0.39 is 0 Å². The summed E-state index contributed by atoms with van der Waals surface area (Å²) in [5.41, 5.74) is 5.22. The summed E-state index contributed by atoms with van der Waals surface area (Å²) in [7, 11) is 5.99. The van der Waals surface area contributed by atoms with E-state index >= 15 is 0 Å². The summed E-state index contributed by atoms with van der Waals surface area (Å²) in [5, 5.41) is 4.11. The average molecular weight is 399 g/mol. The molecule has 2 heterocycles. The number of hydrogen-bond acceptors (Lipinski definition) is 4. The Labute approximate surface area is 176 Å². The van der Waals surface area contributed by atoms with Crippen LogP contribution in [0.4, 0.5) is 0 Å². The summed E-state index contributed by atoms with van der Waals surface area (Å²) < 4.78 is 2.09. The van der Waals surface area contributed by atoms with Crippen molar-refractivity contribution in [3.8, 4) is 22.5 Å². The molecule has 0 aliphatic heterocycles. The van der Waals surface area contributed by atoms with Gasteiger partial charge in [0, 0.05) is 53.9 Å². The third-order valence-electron chi connectivity index (χ3n) is 5.08. The zero-order valence-electron chi connectivity index (χ0n) is 17.5. The maximum atomic E-state index is 12.5. The van der Waals surface area contributed by atoms with Crippen LogP contribution < -0.4 is 5.32 Å². The predicted molar refractivity (Wildman–Crippen MR) is 120 cm³/mol. The molecule has 0 saturated carbocycles.